The first-order valence-corrected chi connectivity index (χ1v) is 12.3. The average molecular weight is 529 g/mol. The summed E-state index contributed by atoms with van der Waals surface area (Å²) in [6.07, 6.45) is -5.30. The predicted molar refractivity (Wildman–Crippen MR) is 136 cm³/mol. The quantitative estimate of drug-likeness (QED) is 0.227. The van der Waals surface area contributed by atoms with Gasteiger partial charge in [-0.05, 0) is 30.2 Å². The smallest absolute Gasteiger partial charge is 0.264 e. The standard InChI is InChI=1S/C27H32N2O9/c1-15(7-5-6-12-30)27(37)18-13-17(28-24(34)23-21(32)20(31)22(33)25(35)38-23)10-11-19(18)29(26(27)36)14-16-8-3-2-4-9-16/h2-5,7-11,13,15,20-23,25,30-33,35,37H,6,12,14H2,1H3,(H,28,34)/b7-5+/t15-,20+,21+,22-,23+,25-,27+/m1/s1. The molecule has 1 fully saturated rings. The van der Waals surface area contributed by atoms with Crippen molar-refractivity contribution in [1.82, 2.24) is 0 Å². The molecule has 7 N–H and O–H groups in total. The highest BCUT2D eigenvalue weighted by Crippen LogP contribution is 2.47. The first-order valence-electron chi connectivity index (χ1n) is 12.3. The van der Waals surface area contributed by atoms with Crippen molar-refractivity contribution in [3.05, 3.63) is 71.8 Å². The highest BCUT2D eigenvalue weighted by atomic mass is 16.6. The molecule has 4 rings (SSSR count). The number of nitrogens with one attached hydrogen (secondary N) is 1. The van der Waals surface area contributed by atoms with Crippen LogP contribution in [-0.2, 0) is 26.5 Å². The molecule has 0 aromatic heterocycles. The lowest BCUT2D eigenvalue weighted by atomic mass is 9.82. The van der Waals surface area contributed by atoms with Crippen molar-refractivity contribution in [2.24, 2.45) is 5.92 Å². The number of hydrogen-bond acceptors (Lipinski definition) is 9. The first kappa shape index (κ1) is 27.9. The van der Waals surface area contributed by atoms with E-state index in [4.69, 9.17) is 9.84 Å². The second-order valence-electron chi connectivity index (χ2n) is 9.51. The van der Waals surface area contributed by atoms with Gasteiger partial charge in [0.2, 0.25) is 0 Å². The minimum absolute atomic E-state index is 0.0853. The molecule has 2 aromatic rings. The first-order chi connectivity index (χ1) is 18.1. The SMILES string of the molecule is C[C@H](/C=C/CCO)[C@@]1(O)C(=O)N(Cc2ccccc2)c2ccc(NC(=O)[C@H]3O[C@@H](O)[C@H](O)[C@@H](O)[C@@H]3O)cc21. The fourth-order valence-corrected chi connectivity index (χ4v) is 4.75. The summed E-state index contributed by atoms with van der Waals surface area (Å²) >= 11 is 0. The maximum atomic E-state index is 13.7. The van der Waals surface area contributed by atoms with Crippen molar-refractivity contribution < 1.29 is 45.0 Å². The molecule has 11 nitrogen and oxygen atoms in total. The van der Waals surface area contributed by atoms with Gasteiger partial charge in [0, 0.05) is 23.8 Å². The van der Waals surface area contributed by atoms with E-state index in [9.17, 15) is 35.1 Å². The van der Waals surface area contributed by atoms with Crippen molar-refractivity contribution in [3.8, 4) is 0 Å². The van der Waals surface area contributed by atoms with Crippen LogP contribution in [0.2, 0.25) is 0 Å². The summed E-state index contributed by atoms with van der Waals surface area (Å²) in [5.41, 5.74) is -0.269. The van der Waals surface area contributed by atoms with Crippen LogP contribution in [0, 0.1) is 5.92 Å². The van der Waals surface area contributed by atoms with Gasteiger partial charge in [-0.1, -0.05) is 49.4 Å². The van der Waals surface area contributed by atoms with Crippen molar-refractivity contribution in [2.75, 3.05) is 16.8 Å². The molecule has 2 heterocycles. The summed E-state index contributed by atoms with van der Waals surface area (Å²) in [6.45, 7) is 1.79. The summed E-state index contributed by atoms with van der Waals surface area (Å²) in [5, 5.41) is 62.9. The molecule has 2 amide bonds. The largest absolute Gasteiger partial charge is 0.396 e. The van der Waals surface area contributed by atoms with Crippen LogP contribution in [0.25, 0.3) is 0 Å². The second-order valence-corrected chi connectivity index (χ2v) is 9.51. The highest BCUT2D eigenvalue weighted by molar-refractivity contribution is 6.08. The Morgan fingerprint density at radius 2 is 1.82 bits per heavy atom. The molecule has 0 spiro atoms. The molecule has 2 aliphatic rings. The molecule has 38 heavy (non-hydrogen) atoms. The minimum Gasteiger partial charge on any atom is -0.396 e. The third-order valence-corrected chi connectivity index (χ3v) is 6.95. The molecule has 0 bridgehead atoms. The van der Waals surface area contributed by atoms with Gasteiger partial charge in [0.15, 0.2) is 18.0 Å². The minimum atomic E-state index is -1.98. The maximum absolute atomic E-state index is 13.7. The van der Waals surface area contributed by atoms with Gasteiger partial charge < -0.3 is 45.6 Å². The van der Waals surface area contributed by atoms with E-state index in [0.29, 0.717) is 12.1 Å². The fraction of sp³-hybridized carbons (Fsp3) is 0.407. The number of nitrogens with zero attached hydrogens (tertiary/aromatic N) is 1. The van der Waals surface area contributed by atoms with Crippen LogP contribution in [0.15, 0.2) is 60.7 Å². The Bertz CT molecular complexity index is 1190. The second kappa shape index (κ2) is 11.3. The zero-order chi connectivity index (χ0) is 27.6. The number of carbonyl (C=O) groups excluding carboxylic acids is 2. The monoisotopic (exact) mass is 528 g/mol. The van der Waals surface area contributed by atoms with E-state index in [1.54, 1.807) is 25.1 Å². The number of carbonyl (C=O) groups is 2. The molecule has 2 aromatic carbocycles. The Hall–Kier alpha value is -3.16. The van der Waals surface area contributed by atoms with Gasteiger partial charge in [-0.25, -0.2) is 0 Å². The molecule has 0 aliphatic carbocycles. The lowest BCUT2D eigenvalue weighted by molar-refractivity contribution is -0.274. The normalized spacial score (nSPS) is 29.9. The van der Waals surface area contributed by atoms with Crippen LogP contribution >= 0.6 is 0 Å². The van der Waals surface area contributed by atoms with Crippen LogP contribution in [-0.4, -0.2) is 79.8 Å². The van der Waals surface area contributed by atoms with Crippen LogP contribution < -0.4 is 10.2 Å². The summed E-state index contributed by atoms with van der Waals surface area (Å²) in [5.74, 6) is -2.15. The molecule has 0 unspecified atom stereocenters. The maximum Gasteiger partial charge on any atom is 0.264 e. The number of ether oxygens (including phenoxy) is 1. The summed E-state index contributed by atoms with van der Waals surface area (Å²) in [4.78, 5) is 28.0. The van der Waals surface area contributed by atoms with Gasteiger partial charge in [-0.2, -0.15) is 0 Å². The van der Waals surface area contributed by atoms with Crippen LogP contribution in [0.1, 0.15) is 24.5 Å². The molecular formula is C27H32N2O9. The van der Waals surface area contributed by atoms with E-state index in [1.165, 1.54) is 17.0 Å². The molecule has 2 aliphatic heterocycles. The van der Waals surface area contributed by atoms with Crippen molar-refractivity contribution >= 4 is 23.2 Å². The van der Waals surface area contributed by atoms with Gasteiger partial charge in [-0.15, -0.1) is 0 Å². The number of aliphatic hydroxyl groups excluding tert-OH is 5. The van der Waals surface area contributed by atoms with Gasteiger partial charge in [0.05, 0.1) is 12.2 Å². The Balaban J connectivity index is 1.66. The molecule has 1 saturated heterocycles. The van der Waals surface area contributed by atoms with Crippen LogP contribution in [0.5, 0.6) is 0 Å². The predicted octanol–water partition coefficient (Wildman–Crippen LogP) is -0.266. The number of aliphatic hydroxyl groups is 6. The zero-order valence-corrected chi connectivity index (χ0v) is 20.7. The fourth-order valence-electron chi connectivity index (χ4n) is 4.75. The van der Waals surface area contributed by atoms with E-state index in [0.717, 1.165) is 5.56 Å². The number of rotatable bonds is 8. The summed E-state index contributed by atoms with van der Waals surface area (Å²) < 4.78 is 4.98. The summed E-state index contributed by atoms with van der Waals surface area (Å²) in [6, 6.07) is 13.8. The molecule has 7 atom stereocenters. The van der Waals surface area contributed by atoms with E-state index in [1.807, 2.05) is 30.3 Å². The molecule has 11 heteroatoms. The molecule has 0 radical (unpaired) electrons. The van der Waals surface area contributed by atoms with Crippen molar-refractivity contribution in [2.45, 2.75) is 56.2 Å². The molecule has 0 saturated carbocycles. The Kier molecular flexibility index (Phi) is 8.28. The third kappa shape index (κ3) is 5.09. The third-order valence-electron chi connectivity index (χ3n) is 6.95. The van der Waals surface area contributed by atoms with Gasteiger partial charge >= 0.3 is 0 Å². The Morgan fingerprint density at radius 1 is 1.11 bits per heavy atom. The number of fused-ring (bicyclic) bond motifs is 1. The Labute approximate surface area is 219 Å². The topological polar surface area (TPSA) is 180 Å². The molecular weight excluding hydrogens is 496 g/mol. The van der Waals surface area contributed by atoms with E-state index in [2.05, 4.69) is 5.32 Å². The van der Waals surface area contributed by atoms with E-state index < -0.39 is 54.0 Å². The van der Waals surface area contributed by atoms with Gasteiger partial charge in [0.1, 0.15) is 18.3 Å². The number of benzene rings is 2. The number of hydrogen-bond donors (Lipinski definition) is 7. The lowest BCUT2D eigenvalue weighted by Crippen LogP contribution is -2.60. The Morgan fingerprint density at radius 3 is 2.50 bits per heavy atom. The molecule has 204 valence electrons. The van der Waals surface area contributed by atoms with Crippen LogP contribution in [0.4, 0.5) is 11.4 Å². The summed E-state index contributed by atoms with van der Waals surface area (Å²) in [7, 11) is 0. The van der Waals surface area contributed by atoms with Gasteiger partial charge in [-0.3, -0.25) is 9.59 Å². The van der Waals surface area contributed by atoms with Crippen molar-refractivity contribution in [1.29, 1.82) is 0 Å². The van der Waals surface area contributed by atoms with Crippen LogP contribution in [0.3, 0.4) is 0 Å². The van der Waals surface area contributed by atoms with E-state index >= 15 is 0 Å². The average Bonchev–Trinajstić information content (AvgIpc) is 3.12. The number of anilines is 2. The van der Waals surface area contributed by atoms with Gasteiger partial charge in [0.25, 0.3) is 11.8 Å². The van der Waals surface area contributed by atoms with E-state index in [-0.39, 0.29) is 24.4 Å². The lowest BCUT2D eigenvalue weighted by Gasteiger charge is -2.37. The zero-order valence-electron chi connectivity index (χ0n) is 20.7. The van der Waals surface area contributed by atoms with Crippen molar-refractivity contribution in [3.63, 3.8) is 0 Å². The number of amides is 2. The highest BCUT2D eigenvalue weighted by Gasteiger charge is 2.53.